The van der Waals surface area contributed by atoms with E-state index in [4.69, 9.17) is 0 Å². The lowest BCUT2D eigenvalue weighted by Crippen LogP contribution is -1.92. The van der Waals surface area contributed by atoms with Gasteiger partial charge in [-0.05, 0) is 101 Å². The van der Waals surface area contributed by atoms with Gasteiger partial charge in [-0.2, -0.15) is 0 Å². The van der Waals surface area contributed by atoms with Gasteiger partial charge < -0.3 is 0 Å². The molecule has 0 unspecified atom stereocenters. The number of hydrogen-bond donors (Lipinski definition) is 0. The molecule has 0 N–H and O–H groups in total. The van der Waals surface area contributed by atoms with Gasteiger partial charge in [0.15, 0.2) is 0 Å². The van der Waals surface area contributed by atoms with Crippen molar-refractivity contribution in [3.8, 4) is 33.4 Å². The summed E-state index contributed by atoms with van der Waals surface area (Å²) < 4.78 is 5.41. The Morgan fingerprint density at radius 1 is 0.278 bits per heavy atom. The lowest BCUT2D eigenvalue weighted by Gasteiger charge is -2.19. The van der Waals surface area contributed by atoms with Crippen LogP contribution in [0.4, 0.5) is 0 Å². The van der Waals surface area contributed by atoms with Gasteiger partial charge in [-0.25, -0.2) is 0 Å². The van der Waals surface area contributed by atoms with Crippen molar-refractivity contribution in [1.29, 1.82) is 0 Å². The standard InChI is InChI=1S/C52H30S2/c1-2-15-36-31(11-1)12-10-21-38(36)50-41-19-5-3-17-39(41)48(40-18-4-6-20-42(40)50)35-14-9-13-33(29-35)34-25-27-46-44(30-34)51-47(53-46)28-24-32-23-26-43-37-16-7-8-22-45(37)54-52(43)49(32)51/h1-30H. The third-order valence-corrected chi connectivity index (χ3v) is 13.8. The Hall–Kier alpha value is -6.32. The molecule has 0 nitrogen and oxygen atoms in total. The lowest BCUT2D eigenvalue weighted by atomic mass is 9.84. The van der Waals surface area contributed by atoms with E-state index in [9.17, 15) is 0 Å². The van der Waals surface area contributed by atoms with Gasteiger partial charge in [-0.15, -0.1) is 22.7 Å². The highest BCUT2D eigenvalue weighted by atomic mass is 32.1. The monoisotopic (exact) mass is 718 g/mol. The van der Waals surface area contributed by atoms with Crippen molar-refractivity contribution in [3.63, 3.8) is 0 Å². The Labute approximate surface area is 319 Å². The Bertz CT molecular complexity index is 3440. The first-order valence-electron chi connectivity index (χ1n) is 18.5. The molecule has 10 aromatic carbocycles. The Kier molecular flexibility index (Phi) is 6.48. The molecule has 54 heavy (non-hydrogen) atoms. The zero-order chi connectivity index (χ0) is 35.3. The maximum atomic E-state index is 2.44. The third-order valence-electron chi connectivity index (χ3n) is 11.4. The highest BCUT2D eigenvalue weighted by molar-refractivity contribution is 7.28. The topological polar surface area (TPSA) is 0 Å². The second-order valence-electron chi connectivity index (χ2n) is 14.3. The molecule has 0 saturated carbocycles. The van der Waals surface area contributed by atoms with Crippen LogP contribution in [-0.2, 0) is 0 Å². The Balaban J connectivity index is 1.09. The van der Waals surface area contributed by atoms with Crippen molar-refractivity contribution in [2.75, 3.05) is 0 Å². The molecule has 0 saturated heterocycles. The molecule has 2 heteroatoms. The van der Waals surface area contributed by atoms with Gasteiger partial charge >= 0.3 is 0 Å². The summed E-state index contributed by atoms with van der Waals surface area (Å²) in [4.78, 5) is 0. The van der Waals surface area contributed by atoms with Crippen LogP contribution in [0.1, 0.15) is 0 Å². The van der Waals surface area contributed by atoms with Crippen LogP contribution in [0.2, 0.25) is 0 Å². The quantitative estimate of drug-likeness (QED) is 0.160. The smallest absolute Gasteiger partial charge is 0.0440 e. The zero-order valence-electron chi connectivity index (χ0n) is 29.1. The fourth-order valence-electron chi connectivity index (χ4n) is 9.06. The minimum Gasteiger partial charge on any atom is -0.135 e. The minimum atomic E-state index is 1.23. The van der Waals surface area contributed by atoms with Gasteiger partial charge in [0.1, 0.15) is 0 Å². The molecule has 0 aliphatic heterocycles. The van der Waals surface area contributed by atoms with E-state index in [1.54, 1.807) is 0 Å². The molecule has 12 aromatic rings. The van der Waals surface area contributed by atoms with Crippen LogP contribution < -0.4 is 0 Å². The summed E-state index contributed by atoms with van der Waals surface area (Å²) in [5.74, 6) is 0. The maximum Gasteiger partial charge on any atom is 0.0440 e. The highest BCUT2D eigenvalue weighted by Gasteiger charge is 2.19. The molecule has 0 spiro atoms. The van der Waals surface area contributed by atoms with E-state index in [2.05, 4.69) is 182 Å². The average Bonchev–Trinajstić information content (AvgIpc) is 3.81. The van der Waals surface area contributed by atoms with E-state index >= 15 is 0 Å². The summed E-state index contributed by atoms with van der Waals surface area (Å²) in [5, 5.41) is 15.7. The van der Waals surface area contributed by atoms with Crippen LogP contribution >= 0.6 is 22.7 Å². The van der Waals surface area contributed by atoms with Crippen LogP contribution in [0.15, 0.2) is 182 Å². The molecular weight excluding hydrogens is 689 g/mol. The first kappa shape index (κ1) is 30.2. The van der Waals surface area contributed by atoms with E-state index in [0.717, 1.165) is 0 Å². The summed E-state index contributed by atoms with van der Waals surface area (Å²) >= 11 is 3.83. The Morgan fingerprint density at radius 3 is 1.69 bits per heavy atom. The van der Waals surface area contributed by atoms with Crippen LogP contribution in [0.25, 0.3) is 117 Å². The van der Waals surface area contributed by atoms with Crippen molar-refractivity contribution >= 4 is 106 Å². The van der Waals surface area contributed by atoms with Crippen molar-refractivity contribution in [2.45, 2.75) is 0 Å². The predicted molar refractivity (Wildman–Crippen MR) is 239 cm³/mol. The van der Waals surface area contributed by atoms with Crippen molar-refractivity contribution in [1.82, 2.24) is 0 Å². The minimum absolute atomic E-state index is 1.23. The van der Waals surface area contributed by atoms with Gasteiger partial charge in [0, 0.05) is 45.7 Å². The van der Waals surface area contributed by atoms with E-state index in [-0.39, 0.29) is 0 Å². The summed E-state index contributed by atoms with van der Waals surface area (Å²) in [6, 6.07) is 67.8. The number of thiophene rings is 2. The van der Waals surface area contributed by atoms with Crippen LogP contribution in [0.5, 0.6) is 0 Å². The second kappa shape index (κ2) is 11.6. The molecule has 0 radical (unpaired) electrons. The molecule has 0 fully saturated rings. The molecule has 2 aromatic heterocycles. The van der Waals surface area contributed by atoms with Crippen molar-refractivity contribution in [2.24, 2.45) is 0 Å². The third kappa shape index (κ3) is 4.36. The zero-order valence-corrected chi connectivity index (χ0v) is 30.8. The number of fused-ring (bicyclic) bond motifs is 12. The van der Waals surface area contributed by atoms with Gasteiger partial charge in [0.2, 0.25) is 0 Å². The first-order valence-corrected chi connectivity index (χ1v) is 20.1. The van der Waals surface area contributed by atoms with E-state index in [1.807, 2.05) is 22.7 Å². The molecule has 0 aliphatic rings. The number of benzene rings is 10. The van der Waals surface area contributed by atoms with E-state index in [1.165, 1.54) is 117 Å². The Morgan fingerprint density at radius 2 is 0.870 bits per heavy atom. The largest absolute Gasteiger partial charge is 0.135 e. The maximum absolute atomic E-state index is 2.44. The van der Waals surface area contributed by atoms with Crippen LogP contribution in [0.3, 0.4) is 0 Å². The van der Waals surface area contributed by atoms with E-state index in [0.29, 0.717) is 0 Å². The first-order chi connectivity index (χ1) is 26.8. The molecule has 12 rings (SSSR count). The molecule has 2 heterocycles. The molecule has 0 atom stereocenters. The molecular formula is C52H30S2. The normalized spacial score (nSPS) is 12.1. The van der Waals surface area contributed by atoms with Crippen molar-refractivity contribution < 1.29 is 0 Å². The SMILES string of the molecule is c1cc(-c2ccc3sc4ccc5ccc6c7ccccc7sc6c5c4c3c2)cc(-c2c3ccccc3c(-c3cccc4ccccc34)c3ccccc23)c1. The lowest BCUT2D eigenvalue weighted by molar-refractivity contribution is 1.63. The van der Waals surface area contributed by atoms with E-state index < -0.39 is 0 Å². The summed E-state index contributed by atoms with van der Waals surface area (Å²) in [5.41, 5.74) is 7.56. The highest BCUT2D eigenvalue weighted by Crippen LogP contribution is 2.48. The number of hydrogen-bond acceptors (Lipinski definition) is 2. The van der Waals surface area contributed by atoms with Gasteiger partial charge in [0.05, 0.1) is 0 Å². The van der Waals surface area contributed by atoms with Crippen LogP contribution in [-0.4, -0.2) is 0 Å². The van der Waals surface area contributed by atoms with Gasteiger partial charge in [-0.1, -0.05) is 152 Å². The molecule has 0 aliphatic carbocycles. The van der Waals surface area contributed by atoms with Gasteiger partial charge in [0.25, 0.3) is 0 Å². The molecule has 0 amide bonds. The fourth-order valence-corrected chi connectivity index (χ4v) is 11.4. The average molecular weight is 719 g/mol. The number of rotatable bonds is 3. The fraction of sp³-hybridized carbons (Fsp3) is 0. The van der Waals surface area contributed by atoms with Gasteiger partial charge in [-0.3, -0.25) is 0 Å². The summed E-state index contributed by atoms with van der Waals surface area (Å²) in [6.45, 7) is 0. The molecule has 250 valence electrons. The summed E-state index contributed by atoms with van der Waals surface area (Å²) in [7, 11) is 0. The second-order valence-corrected chi connectivity index (χ2v) is 16.5. The van der Waals surface area contributed by atoms with Crippen molar-refractivity contribution in [3.05, 3.63) is 182 Å². The van der Waals surface area contributed by atoms with Crippen LogP contribution in [0, 0.1) is 0 Å². The molecule has 0 bridgehead atoms. The summed E-state index contributed by atoms with van der Waals surface area (Å²) in [6.07, 6.45) is 0. The predicted octanol–water partition coefficient (Wildman–Crippen LogP) is 16.0.